The van der Waals surface area contributed by atoms with E-state index in [4.69, 9.17) is 4.74 Å². The quantitative estimate of drug-likeness (QED) is 0.812. The highest BCUT2D eigenvalue weighted by Gasteiger charge is 2.11. The van der Waals surface area contributed by atoms with E-state index in [-0.39, 0.29) is 0 Å². The van der Waals surface area contributed by atoms with E-state index in [1.54, 1.807) is 0 Å². The van der Waals surface area contributed by atoms with Crippen molar-refractivity contribution in [1.82, 2.24) is 0 Å². The number of aromatic nitrogens is 1. The highest BCUT2D eigenvalue weighted by molar-refractivity contribution is 5.20. The molecule has 0 unspecified atom stereocenters. The van der Waals surface area contributed by atoms with Gasteiger partial charge >= 0.3 is 0 Å². The Hall–Kier alpha value is -1.87. The molecule has 1 atom stereocenters. The zero-order chi connectivity index (χ0) is 12.8. The molecule has 0 saturated heterocycles. The lowest BCUT2D eigenvalue weighted by atomic mass is 10.3. The first-order valence-corrected chi connectivity index (χ1v) is 6.05. The SMILES string of the molecule is Cc1cc[n+](C[C@H](O)COc2ccccc2)cc1. The van der Waals surface area contributed by atoms with Gasteiger partial charge < -0.3 is 9.84 Å². The normalized spacial score (nSPS) is 12.1. The summed E-state index contributed by atoms with van der Waals surface area (Å²) >= 11 is 0. The van der Waals surface area contributed by atoms with Gasteiger partial charge in [0.15, 0.2) is 18.9 Å². The second kappa shape index (κ2) is 6.17. The minimum atomic E-state index is -0.516. The molecule has 18 heavy (non-hydrogen) atoms. The minimum absolute atomic E-state index is 0.297. The van der Waals surface area contributed by atoms with Crippen molar-refractivity contribution in [2.75, 3.05) is 6.61 Å². The van der Waals surface area contributed by atoms with Crippen LogP contribution in [0.1, 0.15) is 5.56 Å². The number of nitrogens with zero attached hydrogens (tertiary/aromatic N) is 1. The van der Waals surface area contributed by atoms with Gasteiger partial charge in [0.05, 0.1) is 0 Å². The molecule has 0 aliphatic carbocycles. The Kier molecular flexibility index (Phi) is 4.31. The van der Waals surface area contributed by atoms with Gasteiger partial charge in [0, 0.05) is 12.1 Å². The molecule has 0 amide bonds. The molecule has 1 N–H and O–H groups in total. The molecule has 2 aromatic rings. The van der Waals surface area contributed by atoms with Gasteiger partial charge in [-0.05, 0) is 24.6 Å². The van der Waals surface area contributed by atoms with E-state index in [0.29, 0.717) is 13.2 Å². The van der Waals surface area contributed by atoms with Gasteiger partial charge in [-0.2, -0.15) is 0 Å². The molecule has 0 aliphatic heterocycles. The van der Waals surface area contributed by atoms with E-state index in [2.05, 4.69) is 0 Å². The van der Waals surface area contributed by atoms with Gasteiger partial charge in [-0.1, -0.05) is 18.2 Å². The van der Waals surface area contributed by atoms with E-state index in [0.717, 1.165) is 5.75 Å². The number of rotatable bonds is 5. The van der Waals surface area contributed by atoms with Crippen molar-refractivity contribution in [3.8, 4) is 5.75 Å². The third-order valence-corrected chi connectivity index (χ3v) is 2.66. The molecule has 1 aromatic heterocycles. The molecular formula is C15H18NO2+. The van der Waals surface area contributed by atoms with Crippen LogP contribution in [0.5, 0.6) is 5.75 Å². The number of aryl methyl sites for hydroxylation is 1. The van der Waals surface area contributed by atoms with Gasteiger partial charge in [0.25, 0.3) is 0 Å². The fourth-order valence-corrected chi connectivity index (χ4v) is 1.66. The molecule has 0 radical (unpaired) electrons. The number of benzene rings is 1. The molecule has 2 rings (SSSR count). The summed E-state index contributed by atoms with van der Waals surface area (Å²) in [6.07, 6.45) is 3.40. The molecule has 3 nitrogen and oxygen atoms in total. The number of ether oxygens (including phenoxy) is 1. The average molecular weight is 244 g/mol. The number of aliphatic hydroxyl groups is 1. The van der Waals surface area contributed by atoms with Crippen molar-refractivity contribution in [2.24, 2.45) is 0 Å². The maximum atomic E-state index is 9.89. The van der Waals surface area contributed by atoms with Crippen molar-refractivity contribution in [3.05, 3.63) is 60.4 Å². The largest absolute Gasteiger partial charge is 0.491 e. The van der Waals surface area contributed by atoms with Crippen molar-refractivity contribution in [3.63, 3.8) is 0 Å². The standard InChI is InChI=1S/C15H18NO2/c1-13-7-9-16(10-8-13)11-14(17)12-18-15-5-3-2-4-6-15/h2-10,14,17H,11-12H2,1H3/q+1/t14-/m0/s1. The number of hydrogen-bond acceptors (Lipinski definition) is 2. The number of pyridine rings is 1. The number of para-hydroxylation sites is 1. The Bertz CT molecular complexity index is 468. The van der Waals surface area contributed by atoms with Crippen molar-refractivity contribution in [1.29, 1.82) is 0 Å². The highest BCUT2D eigenvalue weighted by atomic mass is 16.5. The summed E-state index contributed by atoms with van der Waals surface area (Å²) < 4.78 is 7.45. The van der Waals surface area contributed by atoms with Crippen LogP contribution in [-0.4, -0.2) is 17.8 Å². The van der Waals surface area contributed by atoms with Crippen molar-refractivity contribution >= 4 is 0 Å². The highest BCUT2D eigenvalue weighted by Crippen LogP contribution is 2.08. The summed E-state index contributed by atoms with van der Waals surface area (Å²) in [7, 11) is 0. The van der Waals surface area contributed by atoms with Crippen LogP contribution in [0, 0.1) is 6.92 Å². The van der Waals surface area contributed by atoms with Crippen LogP contribution < -0.4 is 9.30 Å². The lowest BCUT2D eigenvalue weighted by Crippen LogP contribution is -2.41. The Balaban J connectivity index is 1.82. The zero-order valence-corrected chi connectivity index (χ0v) is 10.5. The van der Waals surface area contributed by atoms with E-state index < -0.39 is 6.10 Å². The van der Waals surface area contributed by atoms with Gasteiger partial charge in [0.2, 0.25) is 0 Å². The third kappa shape index (κ3) is 3.86. The first kappa shape index (κ1) is 12.6. The minimum Gasteiger partial charge on any atom is -0.491 e. The summed E-state index contributed by atoms with van der Waals surface area (Å²) in [5.41, 5.74) is 1.21. The Labute approximate surface area is 107 Å². The third-order valence-electron chi connectivity index (χ3n) is 2.66. The molecular weight excluding hydrogens is 226 g/mol. The van der Waals surface area contributed by atoms with Crippen LogP contribution in [0.15, 0.2) is 54.9 Å². The zero-order valence-electron chi connectivity index (χ0n) is 10.5. The van der Waals surface area contributed by atoms with Crippen LogP contribution in [0.3, 0.4) is 0 Å². The van der Waals surface area contributed by atoms with Gasteiger partial charge in [-0.15, -0.1) is 0 Å². The summed E-state index contributed by atoms with van der Waals surface area (Å²) in [5.74, 6) is 0.783. The average Bonchev–Trinajstić information content (AvgIpc) is 2.40. The van der Waals surface area contributed by atoms with Crippen molar-refractivity contribution < 1.29 is 14.4 Å². The second-order valence-electron chi connectivity index (χ2n) is 4.35. The topological polar surface area (TPSA) is 33.3 Å². The smallest absolute Gasteiger partial charge is 0.177 e. The molecule has 1 heterocycles. The molecule has 3 heteroatoms. The molecule has 0 saturated carbocycles. The molecule has 0 bridgehead atoms. The maximum absolute atomic E-state index is 9.89. The predicted molar refractivity (Wildman–Crippen MR) is 69.3 cm³/mol. The van der Waals surface area contributed by atoms with E-state index in [1.165, 1.54) is 5.56 Å². The molecule has 1 aromatic carbocycles. The maximum Gasteiger partial charge on any atom is 0.177 e. The van der Waals surface area contributed by atoms with Crippen molar-refractivity contribution in [2.45, 2.75) is 19.6 Å². The summed E-state index contributed by atoms with van der Waals surface area (Å²) in [6, 6.07) is 13.6. The Morgan fingerprint density at radius 2 is 1.78 bits per heavy atom. The van der Waals surface area contributed by atoms with Gasteiger partial charge in [-0.25, -0.2) is 4.57 Å². The van der Waals surface area contributed by atoms with Gasteiger partial charge in [-0.3, -0.25) is 0 Å². The first-order chi connectivity index (χ1) is 8.74. The summed E-state index contributed by atoms with van der Waals surface area (Å²) in [6.45, 7) is 2.87. The predicted octanol–water partition coefficient (Wildman–Crippen LogP) is 1.72. The molecule has 94 valence electrons. The Morgan fingerprint density at radius 1 is 1.11 bits per heavy atom. The second-order valence-corrected chi connectivity index (χ2v) is 4.35. The monoisotopic (exact) mass is 244 g/mol. The van der Waals surface area contributed by atoms with Crippen LogP contribution in [0.4, 0.5) is 0 Å². The molecule has 0 aliphatic rings. The first-order valence-electron chi connectivity index (χ1n) is 6.05. The van der Waals surface area contributed by atoms with Crippen LogP contribution in [-0.2, 0) is 6.54 Å². The van der Waals surface area contributed by atoms with Gasteiger partial charge in [0.1, 0.15) is 18.5 Å². The number of hydrogen-bond donors (Lipinski definition) is 1. The Morgan fingerprint density at radius 3 is 2.44 bits per heavy atom. The fourth-order valence-electron chi connectivity index (χ4n) is 1.66. The van der Waals surface area contributed by atoms with E-state index >= 15 is 0 Å². The summed E-state index contributed by atoms with van der Waals surface area (Å²) in [5, 5.41) is 9.89. The van der Waals surface area contributed by atoms with E-state index in [1.807, 2.05) is 66.3 Å². The van der Waals surface area contributed by atoms with E-state index in [9.17, 15) is 5.11 Å². The number of aliphatic hydroxyl groups excluding tert-OH is 1. The van der Waals surface area contributed by atoms with Crippen LogP contribution >= 0.6 is 0 Å². The lowest BCUT2D eigenvalue weighted by Gasteiger charge is -2.09. The lowest BCUT2D eigenvalue weighted by molar-refractivity contribution is -0.703. The van der Waals surface area contributed by atoms with Crippen LogP contribution in [0.25, 0.3) is 0 Å². The summed E-state index contributed by atoms with van der Waals surface area (Å²) in [4.78, 5) is 0. The fraction of sp³-hybridized carbons (Fsp3) is 0.267. The molecule has 0 fully saturated rings. The van der Waals surface area contributed by atoms with Crippen LogP contribution in [0.2, 0.25) is 0 Å². The molecule has 0 spiro atoms.